The molecule has 1 aromatic rings. The van der Waals surface area contributed by atoms with E-state index in [1.807, 2.05) is 42.2 Å². The lowest BCUT2D eigenvalue weighted by atomic mass is 10.1. The molecule has 108 valence electrons. The lowest BCUT2D eigenvalue weighted by Gasteiger charge is -2.31. The van der Waals surface area contributed by atoms with E-state index < -0.39 is 0 Å². The van der Waals surface area contributed by atoms with E-state index in [1.54, 1.807) is 0 Å². The van der Waals surface area contributed by atoms with Crippen LogP contribution in [0.25, 0.3) is 0 Å². The summed E-state index contributed by atoms with van der Waals surface area (Å²) in [6.07, 6.45) is 2.37. The standard InChI is InChI=1S/C16H22N2O2/c1-11(14-9-6-10-20-14)18-12(2)17-15(16(18)19)13-7-4-3-5-8-13/h3-5,7-8,11-12,14-15,17H,6,9-10H2,1-2H3. The summed E-state index contributed by atoms with van der Waals surface area (Å²) in [5, 5.41) is 3.40. The third-order valence-electron chi connectivity index (χ3n) is 4.40. The second-order valence-electron chi connectivity index (χ2n) is 5.72. The molecular formula is C16H22N2O2. The lowest BCUT2D eigenvalue weighted by Crippen LogP contribution is -2.47. The molecule has 20 heavy (non-hydrogen) atoms. The first-order valence-corrected chi connectivity index (χ1v) is 7.43. The van der Waals surface area contributed by atoms with Crippen LogP contribution >= 0.6 is 0 Å². The molecule has 1 amide bonds. The van der Waals surface area contributed by atoms with Crippen molar-refractivity contribution in [3.8, 4) is 0 Å². The second kappa shape index (κ2) is 5.54. The summed E-state index contributed by atoms with van der Waals surface area (Å²) in [5.74, 6) is 0.159. The number of nitrogens with zero attached hydrogens (tertiary/aromatic N) is 1. The minimum absolute atomic E-state index is 0.0481. The summed E-state index contributed by atoms with van der Waals surface area (Å²) in [4.78, 5) is 14.7. The number of nitrogens with one attached hydrogen (secondary N) is 1. The van der Waals surface area contributed by atoms with E-state index in [0.717, 1.165) is 25.0 Å². The van der Waals surface area contributed by atoms with Crippen LogP contribution in [0.5, 0.6) is 0 Å². The second-order valence-corrected chi connectivity index (χ2v) is 5.72. The lowest BCUT2D eigenvalue weighted by molar-refractivity contribution is -0.134. The molecule has 4 heteroatoms. The van der Waals surface area contributed by atoms with E-state index in [1.165, 1.54) is 0 Å². The van der Waals surface area contributed by atoms with Crippen LogP contribution in [-0.4, -0.2) is 35.7 Å². The maximum Gasteiger partial charge on any atom is 0.245 e. The van der Waals surface area contributed by atoms with Gasteiger partial charge in [0.25, 0.3) is 0 Å². The van der Waals surface area contributed by atoms with Crippen molar-refractivity contribution in [2.75, 3.05) is 6.61 Å². The van der Waals surface area contributed by atoms with Gasteiger partial charge in [0.1, 0.15) is 6.04 Å². The molecule has 2 fully saturated rings. The summed E-state index contributed by atoms with van der Waals surface area (Å²) < 4.78 is 5.74. The number of ether oxygens (including phenoxy) is 1. The van der Waals surface area contributed by atoms with E-state index in [9.17, 15) is 4.79 Å². The topological polar surface area (TPSA) is 41.6 Å². The average Bonchev–Trinajstić information content (AvgIpc) is 3.08. The molecule has 0 saturated carbocycles. The van der Waals surface area contributed by atoms with Gasteiger partial charge < -0.3 is 9.64 Å². The minimum Gasteiger partial charge on any atom is -0.376 e. The van der Waals surface area contributed by atoms with Crippen molar-refractivity contribution in [3.05, 3.63) is 35.9 Å². The molecule has 2 heterocycles. The van der Waals surface area contributed by atoms with E-state index in [-0.39, 0.29) is 30.3 Å². The fourth-order valence-electron chi connectivity index (χ4n) is 3.33. The van der Waals surface area contributed by atoms with Crippen molar-refractivity contribution in [2.24, 2.45) is 0 Å². The SMILES string of the molecule is CC1NC(c2ccccc2)C(=O)N1C(C)C1CCCO1. The van der Waals surface area contributed by atoms with Crippen molar-refractivity contribution in [2.45, 2.75) is 51.0 Å². The van der Waals surface area contributed by atoms with Gasteiger partial charge in [-0.05, 0) is 32.3 Å². The Morgan fingerprint density at radius 2 is 2.10 bits per heavy atom. The monoisotopic (exact) mass is 274 g/mol. The number of amides is 1. The van der Waals surface area contributed by atoms with Crippen LogP contribution < -0.4 is 5.32 Å². The van der Waals surface area contributed by atoms with Gasteiger partial charge >= 0.3 is 0 Å². The average molecular weight is 274 g/mol. The first-order chi connectivity index (χ1) is 9.68. The molecule has 0 bridgehead atoms. The molecule has 0 spiro atoms. The van der Waals surface area contributed by atoms with Crippen molar-refractivity contribution in [3.63, 3.8) is 0 Å². The van der Waals surface area contributed by atoms with Crippen molar-refractivity contribution in [1.82, 2.24) is 10.2 Å². The number of rotatable bonds is 3. The molecule has 2 saturated heterocycles. The van der Waals surface area contributed by atoms with E-state index >= 15 is 0 Å². The van der Waals surface area contributed by atoms with E-state index in [2.05, 4.69) is 12.2 Å². The van der Waals surface area contributed by atoms with Crippen LogP contribution in [0.2, 0.25) is 0 Å². The fraction of sp³-hybridized carbons (Fsp3) is 0.562. The van der Waals surface area contributed by atoms with Crippen LogP contribution in [0.4, 0.5) is 0 Å². The Labute approximate surface area is 120 Å². The molecule has 2 aliphatic heterocycles. The van der Waals surface area contributed by atoms with Crippen molar-refractivity contribution in [1.29, 1.82) is 0 Å². The maximum atomic E-state index is 12.7. The zero-order chi connectivity index (χ0) is 14.1. The zero-order valence-electron chi connectivity index (χ0n) is 12.1. The third kappa shape index (κ3) is 2.34. The van der Waals surface area contributed by atoms with Gasteiger partial charge in [0.2, 0.25) is 5.91 Å². The zero-order valence-corrected chi connectivity index (χ0v) is 12.1. The molecule has 4 nitrogen and oxygen atoms in total. The van der Waals surface area contributed by atoms with Crippen LogP contribution in [0.15, 0.2) is 30.3 Å². The first-order valence-electron chi connectivity index (χ1n) is 7.43. The highest BCUT2D eigenvalue weighted by Gasteiger charge is 2.42. The third-order valence-corrected chi connectivity index (χ3v) is 4.40. The normalized spacial score (nSPS) is 31.8. The van der Waals surface area contributed by atoms with Gasteiger partial charge in [-0.25, -0.2) is 0 Å². The first kappa shape index (κ1) is 13.6. The van der Waals surface area contributed by atoms with E-state index in [0.29, 0.717) is 0 Å². The molecule has 1 N–H and O–H groups in total. The van der Waals surface area contributed by atoms with Gasteiger partial charge in [0, 0.05) is 6.61 Å². The van der Waals surface area contributed by atoms with Crippen molar-refractivity contribution >= 4 is 5.91 Å². The molecule has 0 radical (unpaired) electrons. The largest absolute Gasteiger partial charge is 0.376 e. The predicted molar refractivity (Wildman–Crippen MR) is 77.1 cm³/mol. The smallest absolute Gasteiger partial charge is 0.245 e. The quantitative estimate of drug-likeness (QED) is 0.917. The van der Waals surface area contributed by atoms with Crippen LogP contribution in [0.1, 0.15) is 38.3 Å². The van der Waals surface area contributed by atoms with Gasteiger partial charge in [-0.2, -0.15) is 0 Å². The summed E-state index contributed by atoms with van der Waals surface area (Å²) in [6.45, 7) is 4.96. The maximum absolute atomic E-state index is 12.7. The molecule has 2 aliphatic rings. The van der Waals surface area contributed by atoms with E-state index in [4.69, 9.17) is 4.74 Å². The number of carbonyl (C=O) groups excluding carboxylic acids is 1. The van der Waals surface area contributed by atoms with Crippen LogP contribution in [0, 0.1) is 0 Å². The summed E-state index contributed by atoms with van der Waals surface area (Å²) in [5.41, 5.74) is 1.03. The van der Waals surface area contributed by atoms with Gasteiger partial charge in [-0.15, -0.1) is 0 Å². The number of hydrogen-bond acceptors (Lipinski definition) is 3. The fourth-order valence-corrected chi connectivity index (χ4v) is 3.33. The molecule has 0 aliphatic carbocycles. The van der Waals surface area contributed by atoms with Crippen molar-refractivity contribution < 1.29 is 9.53 Å². The summed E-state index contributed by atoms with van der Waals surface area (Å²) >= 11 is 0. The predicted octanol–water partition coefficient (Wildman–Crippen LogP) is 2.07. The highest BCUT2D eigenvalue weighted by molar-refractivity contribution is 5.86. The highest BCUT2D eigenvalue weighted by Crippen LogP contribution is 2.29. The summed E-state index contributed by atoms with van der Waals surface area (Å²) in [7, 11) is 0. The van der Waals surface area contributed by atoms with Gasteiger partial charge in [-0.3, -0.25) is 10.1 Å². The minimum atomic E-state index is -0.227. The molecular weight excluding hydrogens is 252 g/mol. The van der Waals surface area contributed by atoms with Gasteiger partial charge in [0.05, 0.1) is 18.3 Å². The molecule has 4 atom stereocenters. The summed E-state index contributed by atoms with van der Waals surface area (Å²) in [6, 6.07) is 9.82. The molecule has 3 rings (SSSR count). The Morgan fingerprint density at radius 1 is 1.35 bits per heavy atom. The molecule has 0 aromatic heterocycles. The molecule has 1 aromatic carbocycles. The number of carbonyl (C=O) groups is 1. The van der Waals surface area contributed by atoms with Crippen LogP contribution in [-0.2, 0) is 9.53 Å². The van der Waals surface area contributed by atoms with Gasteiger partial charge in [-0.1, -0.05) is 30.3 Å². The Morgan fingerprint density at radius 3 is 2.75 bits per heavy atom. The Bertz CT molecular complexity index is 471. The Balaban J connectivity index is 1.78. The Hall–Kier alpha value is -1.39. The number of hydrogen-bond donors (Lipinski definition) is 1. The highest BCUT2D eigenvalue weighted by atomic mass is 16.5. The number of benzene rings is 1. The van der Waals surface area contributed by atoms with Crippen LogP contribution in [0.3, 0.4) is 0 Å². The molecule has 4 unspecified atom stereocenters. The Kier molecular flexibility index (Phi) is 3.76. The van der Waals surface area contributed by atoms with Gasteiger partial charge in [0.15, 0.2) is 0 Å².